The van der Waals surface area contributed by atoms with Crippen molar-refractivity contribution in [1.82, 2.24) is 15.2 Å². The first-order chi connectivity index (χ1) is 8.24. The highest BCUT2D eigenvalue weighted by molar-refractivity contribution is 5.04. The molecule has 0 radical (unpaired) electrons. The molecule has 0 unspecified atom stereocenters. The van der Waals surface area contributed by atoms with Gasteiger partial charge in [-0.05, 0) is 44.5 Å². The number of hydrogen-bond acceptors (Lipinski definition) is 3. The molecule has 1 aliphatic carbocycles. The molecule has 1 aromatic heterocycles. The summed E-state index contributed by atoms with van der Waals surface area (Å²) >= 11 is 0. The van der Waals surface area contributed by atoms with Crippen LogP contribution in [0.1, 0.15) is 18.5 Å². The maximum Gasteiger partial charge on any atom is 0.0416 e. The quantitative estimate of drug-likeness (QED) is 0.774. The summed E-state index contributed by atoms with van der Waals surface area (Å²) in [5.41, 5.74) is 1.76. The van der Waals surface area contributed by atoms with Crippen LogP contribution in [0.15, 0.2) is 24.4 Å². The largest absolute Gasteiger partial charge is 0.319 e. The molecule has 2 rings (SSSR count). The standard InChI is InChI=1S/C14H23N3/c1-15-11-14(7-8-14)12-17(2)10-6-13-5-3-4-9-16-13/h3-5,9,15H,6-8,10-12H2,1-2H3. The topological polar surface area (TPSA) is 28.2 Å². The van der Waals surface area contributed by atoms with Gasteiger partial charge in [0.1, 0.15) is 0 Å². The van der Waals surface area contributed by atoms with Crippen molar-refractivity contribution in [2.75, 3.05) is 33.7 Å². The van der Waals surface area contributed by atoms with Gasteiger partial charge in [0.25, 0.3) is 0 Å². The van der Waals surface area contributed by atoms with Gasteiger partial charge in [-0.1, -0.05) is 6.07 Å². The van der Waals surface area contributed by atoms with Crippen LogP contribution in [-0.4, -0.2) is 43.6 Å². The molecule has 0 spiro atoms. The van der Waals surface area contributed by atoms with Crippen molar-refractivity contribution < 1.29 is 0 Å². The molecular weight excluding hydrogens is 210 g/mol. The van der Waals surface area contributed by atoms with E-state index in [4.69, 9.17) is 0 Å². The monoisotopic (exact) mass is 233 g/mol. The number of nitrogens with one attached hydrogen (secondary N) is 1. The van der Waals surface area contributed by atoms with Crippen LogP contribution in [0.5, 0.6) is 0 Å². The van der Waals surface area contributed by atoms with Gasteiger partial charge >= 0.3 is 0 Å². The normalized spacial score (nSPS) is 17.4. The molecule has 1 aliphatic rings. The molecular formula is C14H23N3. The van der Waals surface area contributed by atoms with E-state index in [0.717, 1.165) is 19.5 Å². The lowest BCUT2D eigenvalue weighted by Gasteiger charge is -2.23. The second-order valence-corrected chi connectivity index (χ2v) is 5.34. The van der Waals surface area contributed by atoms with Crippen molar-refractivity contribution in [1.29, 1.82) is 0 Å². The Kier molecular flexibility index (Phi) is 4.13. The molecule has 17 heavy (non-hydrogen) atoms. The number of pyridine rings is 1. The molecule has 0 aromatic carbocycles. The maximum atomic E-state index is 4.36. The van der Waals surface area contributed by atoms with Crippen LogP contribution < -0.4 is 5.32 Å². The number of nitrogens with zero attached hydrogens (tertiary/aromatic N) is 2. The summed E-state index contributed by atoms with van der Waals surface area (Å²) in [4.78, 5) is 6.80. The summed E-state index contributed by atoms with van der Waals surface area (Å²) in [6, 6.07) is 6.14. The second-order valence-electron chi connectivity index (χ2n) is 5.34. The zero-order valence-electron chi connectivity index (χ0n) is 10.9. The van der Waals surface area contributed by atoms with E-state index in [9.17, 15) is 0 Å². The van der Waals surface area contributed by atoms with Crippen molar-refractivity contribution >= 4 is 0 Å². The zero-order valence-corrected chi connectivity index (χ0v) is 10.9. The lowest BCUT2D eigenvalue weighted by molar-refractivity contribution is 0.261. The van der Waals surface area contributed by atoms with E-state index in [2.05, 4.69) is 34.4 Å². The highest BCUT2D eigenvalue weighted by atomic mass is 15.1. The van der Waals surface area contributed by atoms with Crippen molar-refractivity contribution in [3.8, 4) is 0 Å². The Morgan fingerprint density at radius 3 is 2.82 bits per heavy atom. The van der Waals surface area contributed by atoms with E-state index in [1.54, 1.807) is 0 Å². The van der Waals surface area contributed by atoms with Gasteiger partial charge in [-0.15, -0.1) is 0 Å². The number of likely N-dealkylation sites (N-methyl/N-ethyl adjacent to an activating group) is 1. The molecule has 1 N–H and O–H groups in total. The average Bonchev–Trinajstić information content (AvgIpc) is 3.08. The first-order valence-corrected chi connectivity index (χ1v) is 6.47. The summed E-state index contributed by atoms with van der Waals surface area (Å²) in [5, 5.41) is 3.31. The molecule has 94 valence electrons. The van der Waals surface area contributed by atoms with Gasteiger partial charge in [0.15, 0.2) is 0 Å². The average molecular weight is 233 g/mol. The number of aromatic nitrogens is 1. The van der Waals surface area contributed by atoms with Crippen LogP contribution >= 0.6 is 0 Å². The molecule has 0 bridgehead atoms. The van der Waals surface area contributed by atoms with Gasteiger partial charge in [-0.2, -0.15) is 0 Å². The molecule has 0 aliphatic heterocycles. The van der Waals surface area contributed by atoms with E-state index in [1.165, 1.54) is 25.1 Å². The predicted octanol–water partition coefficient (Wildman–Crippen LogP) is 1.56. The van der Waals surface area contributed by atoms with E-state index in [1.807, 2.05) is 19.3 Å². The Balaban J connectivity index is 1.73. The van der Waals surface area contributed by atoms with E-state index in [0.29, 0.717) is 5.41 Å². The van der Waals surface area contributed by atoms with Gasteiger partial charge in [-0.25, -0.2) is 0 Å². The molecule has 1 fully saturated rings. The third-order valence-electron chi connectivity index (χ3n) is 3.59. The minimum absolute atomic E-state index is 0.563. The Morgan fingerprint density at radius 2 is 2.24 bits per heavy atom. The van der Waals surface area contributed by atoms with E-state index < -0.39 is 0 Å². The smallest absolute Gasteiger partial charge is 0.0416 e. The minimum atomic E-state index is 0.563. The van der Waals surface area contributed by atoms with Crippen molar-refractivity contribution in [2.45, 2.75) is 19.3 Å². The first-order valence-electron chi connectivity index (χ1n) is 6.47. The predicted molar refractivity (Wildman–Crippen MR) is 71.0 cm³/mol. The summed E-state index contributed by atoms with van der Waals surface area (Å²) < 4.78 is 0. The first kappa shape index (κ1) is 12.5. The molecule has 1 heterocycles. The molecule has 0 amide bonds. The Bertz CT molecular complexity index is 333. The van der Waals surface area contributed by atoms with Gasteiger partial charge in [0.2, 0.25) is 0 Å². The SMILES string of the molecule is CNCC1(CN(C)CCc2ccccn2)CC1. The van der Waals surface area contributed by atoms with Gasteiger partial charge in [-0.3, -0.25) is 4.98 Å². The molecule has 0 atom stereocenters. The molecule has 1 saturated carbocycles. The third kappa shape index (κ3) is 3.79. The highest BCUT2D eigenvalue weighted by Crippen LogP contribution is 2.45. The van der Waals surface area contributed by atoms with Gasteiger partial charge < -0.3 is 10.2 Å². The van der Waals surface area contributed by atoms with E-state index >= 15 is 0 Å². The van der Waals surface area contributed by atoms with Crippen molar-refractivity contribution in [3.63, 3.8) is 0 Å². The van der Waals surface area contributed by atoms with Crippen LogP contribution in [0.4, 0.5) is 0 Å². The number of hydrogen-bond donors (Lipinski definition) is 1. The fourth-order valence-corrected chi connectivity index (χ4v) is 2.45. The Hall–Kier alpha value is -0.930. The maximum absolute atomic E-state index is 4.36. The lowest BCUT2D eigenvalue weighted by atomic mass is 10.1. The van der Waals surface area contributed by atoms with Crippen LogP contribution in [0.25, 0.3) is 0 Å². The second kappa shape index (κ2) is 5.61. The molecule has 3 heteroatoms. The fourth-order valence-electron chi connectivity index (χ4n) is 2.45. The highest BCUT2D eigenvalue weighted by Gasteiger charge is 2.42. The van der Waals surface area contributed by atoms with Crippen LogP contribution in [0.2, 0.25) is 0 Å². The Labute approximate surface area is 104 Å². The van der Waals surface area contributed by atoms with Gasteiger partial charge in [0, 0.05) is 37.9 Å². The van der Waals surface area contributed by atoms with Crippen LogP contribution in [0, 0.1) is 5.41 Å². The van der Waals surface area contributed by atoms with Crippen LogP contribution in [-0.2, 0) is 6.42 Å². The van der Waals surface area contributed by atoms with Crippen molar-refractivity contribution in [2.24, 2.45) is 5.41 Å². The van der Waals surface area contributed by atoms with Crippen LogP contribution in [0.3, 0.4) is 0 Å². The molecule has 3 nitrogen and oxygen atoms in total. The van der Waals surface area contributed by atoms with Gasteiger partial charge in [0.05, 0.1) is 0 Å². The minimum Gasteiger partial charge on any atom is -0.319 e. The summed E-state index contributed by atoms with van der Waals surface area (Å²) in [7, 11) is 4.27. The van der Waals surface area contributed by atoms with E-state index in [-0.39, 0.29) is 0 Å². The summed E-state index contributed by atoms with van der Waals surface area (Å²) in [5.74, 6) is 0. The molecule has 0 saturated heterocycles. The zero-order chi connectivity index (χ0) is 12.1. The summed E-state index contributed by atoms with van der Waals surface area (Å²) in [6.45, 7) is 3.46. The summed E-state index contributed by atoms with van der Waals surface area (Å²) in [6.07, 6.45) is 5.68. The van der Waals surface area contributed by atoms with Crippen molar-refractivity contribution in [3.05, 3.63) is 30.1 Å². The third-order valence-corrected chi connectivity index (χ3v) is 3.59. The molecule has 1 aromatic rings. The lowest BCUT2D eigenvalue weighted by Crippen LogP contribution is -2.34. The Morgan fingerprint density at radius 1 is 1.41 bits per heavy atom. The fraction of sp³-hybridized carbons (Fsp3) is 0.643. The number of rotatable bonds is 7.